The van der Waals surface area contributed by atoms with Gasteiger partial charge in [-0.15, -0.1) is 0 Å². The summed E-state index contributed by atoms with van der Waals surface area (Å²) in [5, 5.41) is 9.07. The molecule has 0 fully saturated rings. The van der Waals surface area contributed by atoms with E-state index in [4.69, 9.17) is 5.10 Å². The summed E-state index contributed by atoms with van der Waals surface area (Å²) in [4.78, 5) is 26.5. The summed E-state index contributed by atoms with van der Waals surface area (Å²) >= 11 is 0. The molecule has 0 saturated carbocycles. The van der Waals surface area contributed by atoms with Crippen molar-refractivity contribution < 1.29 is 4.79 Å². The molecule has 1 aromatic heterocycles. The fourth-order valence-corrected chi connectivity index (χ4v) is 4.67. The fourth-order valence-electron chi connectivity index (χ4n) is 4.67. The Kier molecular flexibility index (Phi) is 5.33. The number of benzene rings is 3. The Labute approximate surface area is 193 Å². The van der Waals surface area contributed by atoms with Crippen molar-refractivity contribution in [1.82, 2.24) is 9.78 Å². The van der Waals surface area contributed by atoms with Crippen LogP contribution in [0.2, 0.25) is 0 Å². The van der Waals surface area contributed by atoms with Crippen LogP contribution in [0.5, 0.6) is 0 Å². The highest BCUT2D eigenvalue weighted by Crippen LogP contribution is 2.29. The molecular weight excluding hydrogens is 410 g/mol. The molecule has 1 N–H and O–H groups in total. The van der Waals surface area contributed by atoms with Gasteiger partial charge in [-0.2, -0.15) is 5.10 Å². The van der Waals surface area contributed by atoms with Crippen LogP contribution in [-0.2, 0) is 17.6 Å². The maximum Gasteiger partial charge on any atom is 0.275 e. The molecular formula is C28H27N3O2. The van der Waals surface area contributed by atoms with Gasteiger partial charge in [0.05, 0.1) is 11.1 Å². The average molecular weight is 438 g/mol. The van der Waals surface area contributed by atoms with E-state index >= 15 is 0 Å². The Morgan fingerprint density at radius 1 is 0.970 bits per heavy atom. The van der Waals surface area contributed by atoms with Crippen LogP contribution >= 0.6 is 0 Å². The second kappa shape index (κ2) is 8.32. The van der Waals surface area contributed by atoms with E-state index in [0.717, 1.165) is 47.0 Å². The molecule has 33 heavy (non-hydrogen) atoms. The number of fused-ring (bicyclic) bond motifs is 2. The topological polar surface area (TPSA) is 64.0 Å². The second-order valence-electron chi connectivity index (χ2n) is 8.96. The Bertz CT molecular complexity index is 1450. The first-order chi connectivity index (χ1) is 15.9. The minimum absolute atomic E-state index is 0.259. The third-order valence-corrected chi connectivity index (χ3v) is 6.59. The zero-order valence-corrected chi connectivity index (χ0v) is 19.2. The molecule has 5 heteroatoms. The molecule has 0 spiro atoms. The maximum atomic E-state index is 13.3. The highest BCUT2D eigenvalue weighted by atomic mass is 16.2. The van der Waals surface area contributed by atoms with E-state index in [2.05, 4.69) is 29.6 Å². The Morgan fingerprint density at radius 3 is 2.55 bits per heavy atom. The lowest BCUT2D eigenvalue weighted by Crippen LogP contribution is -2.34. The van der Waals surface area contributed by atoms with Gasteiger partial charge in [-0.25, -0.2) is 4.68 Å². The number of rotatable bonds is 4. The SMILES string of the molecule is Cc1ccc(C)c(-c2nn([C@H](C)C(=O)Nc3ccc4c(c3)CCC4)c(=O)c3ccccc23)c1. The van der Waals surface area contributed by atoms with Gasteiger partial charge in [-0.3, -0.25) is 9.59 Å². The van der Waals surface area contributed by atoms with Gasteiger partial charge >= 0.3 is 0 Å². The first-order valence-electron chi connectivity index (χ1n) is 11.4. The van der Waals surface area contributed by atoms with Gasteiger partial charge in [-0.1, -0.05) is 42.0 Å². The first-order valence-corrected chi connectivity index (χ1v) is 11.4. The standard InChI is InChI=1S/C28H27N3O2/c1-17-11-12-18(2)25(15-17)26-23-9-4-5-10-24(23)28(33)31(30-26)19(3)27(32)29-22-14-13-20-7-6-8-21(20)16-22/h4-5,9-16,19H,6-8H2,1-3H3,(H,29,32)/t19-/m1/s1. The van der Waals surface area contributed by atoms with Gasteiger partial charge in [-0.05, 0) is 81.0 Å². The molecule has 1 atom stereocenters. The number of carbonyl (C=O) groups is 1. The summed E-state index contributed by atoms with van der Waals surface area (Å²) in [7, 11) is 0. The molecule has 5 nitrogen and oxygen atoms in total. The van der Waals surface area contributed by atoms with Crippen molar-refractivity contribution in [2.45, 2.75) is 46.1 Å². The number of hydrogen-bond acceptors (Lipinski definition) is 3. The molecule has 166 valence electrons. The van der Waals surface area contributed by atoms with Crippen molar-refractivity contribution in [3.05, 3.63) is 93.3 Å². The quantitative estimate of drug-likeness (QED) is 0.467. The zero-order valence-electron chi connectivity index (χ0n) is 19.2. The molecule has 0 unspecified atom stereocenters. The van der Waals surface area contributed by atoms with Crippen LogP contribution in [-0.4, -0.2) is 15.7 Å². The van der Waals surface area contributed by atoms with Crippen LogP contribution < -0.4 is 10.9 Å². The normalized spacial score (nSPS) is 13.7. The number of carbonyl (C=O) groups excluding carboxylic acids is 1. The Hall–Kier alpha value is -3.73. The van der Waals surface area contributed by atoms with E-state index in [1.54, 1.807) is 13.0 Å². The van der Waals surface area contributed by atoms with E-state index in [-0.39, 0.29) is 11.5 Å². The van der Waals surface area contributed by atoms with Crippen molar-refractivity contribution in [2.75, 3.05) is 5.32 Å². The van der Waals surface area contributed by atoms with Crippen molar-refractivity contribution in [3.8, 4) is 11.3 Å². The van der Waals surface area contributed by atoms with Crippen molar-refractivity contribution in [1.29, 1.82) is 0 Å². The summed E-state index contributed by atoms with van der Waals surface area (Å²) in [5.41, 5.74) is 6.99. The number of nitrogens with one attached hydrogen (secondary N) is 1. The largest absolute Gasteiger partial charge is 0.324 e. The molecule has 0 radical (unpaired) electrons. The summed E-state index contributed by atoms with van der Waals surface area (Å²) in [6, 6.07) is 19.0. The predicted octanol–water partition coefficient (Wildman–Crippen LogP) is 5.37. The first kappa shape index (κ1) is 21.1. The molecule has 1 aliphatic rings. The zero-order chi connectivity index (χ0) is 23.1. The Balaban J connectivity index is 1.57. The van der Waals surface area contributed by atoms with Crippen molar-refractivity contribution in [3.63, 3.8) is 0 Å². The van der Waals surface area contributed by atoms with E-state index in [0.29, 0.717) is 11.1 Å². The van der Waals surface area contributed by atoms with Crippen LogP contribution in [0.15, 0.2) is 65.5 Å². The number of aryl methyl sites for hydroxylation is 4. The molecule has 0 saturated heterocycles. The van der Waals surface area contributed by atoms with Gasteiger partial charge in [0.25, 0.3) is 5.56 Å². The van der Waals surface area contributed by atoms with E-state index in [1.165, 1.54) is 15.8 Å². The van der Waals surface area contributed by atoms with E-state index < -0.39 is 6.04 Å². The third-order valence-electron chi connectivity index (χ3n) is 6.59. The molecule has 4 aromatic rings. The monoisotopic (exact) mass is 437 g/mol. The van der Waals surface area contributed by atoms with Crippen molar-refractivity contribution in [2.24, 2.45) is 0 Å². The molecule has 1 heterocycles. The molecule has 5 rings (SSSR count). The number of hydrogen-bond donors (Lipinski definition) is 1. The maximum absolute atomic E-state index is 13.3. The fraction of sp³-hybridized carbons (Fsp3) is 0.250. The average Bonchev–Trinajstić information content (AvgIpc) is 3.29. The second-order valence-corrected chi connectivity index (χ2v) is 8.96. The summed E-state index contributed by atoms with van der Waals surface area (Å²) in [5.74, 6) is -0.259. The third kappa shape index (κ3) is 3.84. The number of aromatic nitrogens is 2. The van der Waals surface area contributed by atoms with Crippen LogP contribution in [0, 0.1) is 13.8 Å². The van der Waals surface area contributed by atoms with Gasteiger partial charge in [0.15, 0.2) is 0 Å². The van der Waals surface area contributed by atoms with E-state index in [9.17, 15) is 9.59 Å². The lowest BCUT2D eigenvalue weighted by Gasteiger charge is -2.18. The molecule has 1 amide bonds. The molecule has 0 bridgehead atoms. The predicted molar refractivity (Wildman–Crippen MR) is 133 cm³/mol. The van der Waals surface area contributed by atoms with Gasteiger partial charge < -0.3 is 5.32 Å². The van der Waals surface area contributed by atoms with Crippen LogP contribution in [0.1, 0.15) is 41.6 Å². The van der Waals surface area contributed by atoms with Crippen molar-refractivity contribution >= 4 is 22.4 Å². The van der Waals surface area contributed by atoms with Gasteiger partial charge in [0.1, 0.15) is 6.04 Å². The minimum atomic E-state index is -0.765. The summed E-state index contributed by atoms with van der Waals surface area (Å²) in [6.45, 7) is 5.79. The smallest absolute Gasteiger partial charge is 0.275 e. The van der Waals surface area contributed by atoms with Crippen LogP contribution in [0.3, 0.4) is 0 Å². The summed E-state index contributed by atoms with van der Waals surface area (Å²) < 4.78 is 1.32. The van der Waals surface area contributed by atoms with E-state index in [1.807, 2.05) is 44.2 Å². The minimum Gasteiger partial charge on any atom is -0.324 e. The molecule has 3 aromatic carbocycles. The molecule has 0 aliphatic heterocycles. The number of anilines is 1. The molecule has 1 aliphatic carbocycles. The van der Waals surface area contributed by atoms with Gasteiger partial charge in [0, 0.05) is 16.6 Å². The van der Waals surface area contributed by atoms with Crippen LogP contribution in [0.4, 0.5) is 5.69 Å². The highest BCUT2D eigenvalue weighted by molar-refractivity contribution is 5.96. The number of amides is 1. The lowest BCUT2D eigenvalue weighted by molar-refractivity contribution is -0.119. The number of nitrogens with zero attached hydrogens (tertiary/aromatic N) is 2. The van der Waals surface area contributed by atoms with Crippen LogP contribution in [0.25, 0.3) is 22.0 Å². The highest BCUT2D eigenvalue weighted by Gasteiger charge is 2.22. The summed E-state index contributed by atoms with van der Waals surface area (Å²) in [6.07, 6.45) is 3.29. The Morgan fingerprint density at radius 2 is 1.73 bits per heavy atom. The van der Waals surface area contributed by atoms with Gasteiger partial charge in [0.2, 0.25) is 5.91 Å². The lowest BCUT2D eigenvalue weighted by atomic mass is 9.99.